The highest BCUT2D eigenvalue weighted by Crippen LogP contribution is 2.21. The van der Waals surface area contributed by atoms with E-state index in [1.807, 2.05) is 24.8 Å². The number of rotatable bonds is 2. The molecule has 5 heteroatoms. The van der Waals surface area contributed by atoms with Crippen LogP contribution in [-0.2, 0) is 0 Å². The summed E-state index contributed by atoms with van der Waals surface area (Å²) in [4.78, 5) is 17.0. The molecule has 0 aliphatic carbocycles. The number of nitrogens with zero attached hydrogens (tertiary/aromatic N) is 2. The zero-order valence-corrected chi connectivity index (χ0v) is 12.3. The molecule has 1 amide bonds. The third kappa shape index (κ3) is 2.60. The van der Waals surface area contributed by atoms with Gasteiger partial charge in [0, 0.05) is 50.9 Å². The molecule has 5 nitrogen and oxygen atoms in total. The summed E-state index contributed by atoms with van der Waals surface area (Å²) in [6, 6.07) is 2.44. The van der Waals surface area contributed by atoms with E-state index in [9.17, 15) is 4.79 Å². The zero-order chi connectivity index (χ0) is 14.1. The van der Waals surface area contributed by atoms with E-state index < -0.39 is 0 Å². The van der Waals surface area contributed by atoms with Crippen LogP contribution in [-0.4, -0.2) is 61.0 Å². The van der Waals surface area contributed by atoms with Crippen LogP contribution in [0.2, 0.25) is 0 Å². The highest BCUT2D eigenvalue weighted by molar-refractivity contribution is 5.93. The van der Waals surface area contributed by atoms with E-state index in [1.165, 1.54) is 0 Å². The smallest absolute Gasteiger partial charge is 0.289 e. The van der Waals surface area contributed by atoms with Crippen molar-refractivity contribution >= 4 is 5.91 Å². The van der Waals surface area contributed by atoms with Crippen molar-refractivity contribution in [2.75, 3.05) is 39.3 Å². The van der Waals surface area contributed by atoms with Crippen molar-refractivity contribution < 1.29 is 9.21 Å². The zero-order valence-electron chi connectivity index (χ0n) is 12.3. The van der Waals surface area contributed by atoms with Crippen molar-refractivity contribution in [1.29, 1.82) is 0 Å². The number of hydrogen-bond acceptors (Lipinski definition) is 4. The second-order valence-corrected chi connectivity index (χ2v) is 5.85. The van der Waals surface area contributed by atoms with Gasteiger partial charge < -0.3 is 14.6 Å². The summed E-state index contributed by atoms with van der Waals surface area (Å²) < 4.78 is 5.55. The van der Waals surface area contributed by atoms with E-state index in [0.29, 0.717) is 11.8 Å². The van der Waals surface area contributed by atoms with Gasteiger partial charge in [0.15, 0.2) is 5.76 Å². The maximum absolute atomic E-state index is 12.5. The first-order chi connectivity index (χ1) is 9.65. The van der Waals surface area contributed by atoms with Gasteiger partial charge in [0.1, 0.15) is 5.76 Å². The first-order valence-electron chi connectivity index (χ1n) is 7.46. The van der Waals surface area contributed by atoms with Crippen molar-refractivity contribution in [2.45, 2.75) is 26.3 Å². The van der Waals surface area contributed by atoms with E-state index in [4.69, 9.17) is 4.42 Å². The Morgan fingerprint density at radius 2 is 2.05 bits per heavy atom. The Hall–Kier alpha value is -1.33. The molecule has 0 radical (unpaired) electrons. The van der Waals surface area contributed by atoms with Gasteiger partial charge in [0.05, 0.1) is 0 Å². The molecule has 0 aromatic carbocycles. The summed E-state index contributed by atoms with van der Waals surface area (Å²) in [6.45, 7) is 9.79. The molecule has 2 aliphatic rings. The lowest BCUT2D eigenvalue weighted by Crippen LogP contribution is -2.49. The van der Waals surface area contributed by atoms with Crippen LogP contribution in [0.1, 0.15) is 28.3 Å². The molecule has 20 heavy (non-hydrogen) atoms. The van der Waals surface area contributed by atoms with Gasteiger partial charge >= 0.3 is 0 Å². The molecule has 1 N–H and O–H groups in total. The van der Waals surface area contributed by atoms with Gasteiger partial charge in [-0.3, -0.25) is 9.69 Å². The molecule has 2 aliphatic heterocycles. The minimum Gasteiger partial charge on any atom is -0.456 e. The SMILES string of the molecule is Cc1cc(C)c(C(=O)N2CCC(N3CCNCC3)C2)o1. The molecule has 1 atom stereocenters. The van der Waals surface area contributed by atoms with Crippen LogP contribution in [0.4, 0.5) is 0 Å². The Morgan fingerprint density at radius 3 is 2.70 bits per heavy atom. The van der Waals surface area contributed by atoms with Crippen molar-refractivity contribution in [3.63, 3.8) is 0 Å². The summed E-state index contributed by atoms with van der Waals surface area (Å²) in [5.41, 5.74) is 0.943. The van der Waals surface area contributed by atoms with E-state index in [2.05, 4.69) is 10.2 Å². The summed E-state index contributed by atoms with van der Waals surface area (Å²) >= 11 is 0. The lowest BCUT2D eigenvalue weighted by Gasteiger charge is -2.32. The van der Waals surface area contributed by atoms with E-state index in [0.717, 1.165) is 57.0 Å². The third-order valence-electron chi connectivity index (χ3n) is 4.35. The first kappa shape index (κ1) is 13.6. The van der Waals surface area contributed by atoms with Gasteiger partial charge in [0.2, 0.25) is 0 Å². The van der Waals surface area contributed by atoms with Gasteiger partial charge in [0.25, 0.3) is 5.91 Å². The number of carbonyl (C=O) groups excluding carboxylic acids is 1. The van der Waals surface area contributed by atoms with Crippen LogP contribution in [0.3, 0.4) is 0 Å². The molecule has 1 aromatic heterocycles. The summed E-state index contributed by atoms with van der Waals surface area (Å²) in [5.74, 6) is 1.38. The Morgan fingerprint density at radius 1 is 1.30 bits per heavy atom. The molecule has 1 aromatic rings. The standard InChI is InChI=1S/C15H23N3O2/c1-11-9-12(2)20-14(11)15(19)18-6-3-13(10-18)17-7-4-16-5-8-17/h9,13,16H,3-8,10H2,1-2H3. The molecule has 0 saturated carbocycles. The first-order valence-corrected chi connectivity index (χ1v) is 7.46. The number of piperazine rings is 1. The van der Waals surface area contributed by atoms with E-state index in [1.54, 1.807) is 0 Å². The topological polar surface area (TPSA) is 48.7 Å². The van der Waals surface area contributed by atoms with Crippen LogP contribution in [0.5, 0.6) is 0 Å². The Balaban J connectivity index is 1.64. The normalized spacial score (nSPS) is 24.3. The average Bonchev–Trinajstić information content (AvgIpc) is 3.06. The van der Waals surface area contributed by atoms with Crippen molar-refractivity contribution in [3.05, 3.63) is 23.2 Å². The van der Waals surface area contributed by atoms with Crippen molar-refractivity contribution in [3.8, 4) is 0 Å². The monoisotopic (exact) mass is 277 g/mol. The lowest BCUT2D eigenvalue weighted by atomic mass is 10.2. The largest absolute Gasteiger partial charge is 0.456 e. The molecule has 0 spiro atoms. The number of nitrogens with one attached hydrogen (secondary N) is 1. The predicted octanol–water partition coefficient (Wildman–Crippen LogP) is 1.02. The molecular formula is C15H23N3O2. The minimum absolute atomic E-state index is 0.0493. The highest BCUT2D eigenvalue weighted by Gasteiger charge is 2.32. The second kappa shape index (κ2) is 5.58. The fraction of sp³-hybridized carbons (Fsp3) is 0.667. The second-order valence-electron chi connectivity index (χ2n) is 5.85. The predicted molar refractivity (Wildman–Crippen MR) is 76.9 cm³/mol. The molecule has 0 bridgehead atoms. The van der Waals surface area contributed by atoms with E-state index >= 15 is 0 Å². The number of furan rings is 1. The molecular weight excluding hydrogens is 254 g/mol. The van der Waals surface area contributed by atoms with Crippen LogP contribution in [0.15, 0.2) is 10.5 Å². The summed E-state index contributed by atoms with van der Waals surface area (Å²) in [5, 5.41) is 3.37. The fourth-order valence-corrected chi connectivity index (χ4v) is 3.27. The van der Waals surface area contributed by atoms with Crippen LogP contribution in [0.25, 0.3) is 0 Å². The van der Waals surface area contributed by atoms with Crippen molar-refractivity contribution in [1.82, 2.24) is 15.1 Å². The minimum atomic E-state index is 0.0493. The van der Waals surface area contributed by atoms with Gasteiger partial charge in [-0.25, -0.2) is 0 Å². The number of aryl methyl sites for hydroxylation is 2. The third-order valence-corrected chi connectivity index (χ3v) is 4.35. The average molecular weight is 277 g/mol. The van der Waals surface area contributed by atoms with Gasteiger partial charge in [-0.2, -0.15) is 0 Å². The maximum Gasteiger partial charge on any atom is 0.289 e. The van der Waals surface area contributed by atoms with Gasteiger partial charge in [-0.05, 0) is 26.3 Å². The molecule has 1 unspecified atom stereocenters. The van der Waals surface area contributed by atoms with Crippen LogP contribution < -0.4 is 5.32 Å². The Kier molecular flexibility index (Phi) is 3.81. The molecule has 3 heterocycles. The highest BCUT2D eigenvalue weighted by atomic mass is 16.4. The van der Waals surface area contributed by atoms with Crippen LogP contribution >= 0.6 is 0 Å². The maximum atomic E-state index is 12.5. The van der Waals surface area contributed by atoms with E-state index in [-0.39, 0.29) is 5.91 Å². The Labute approximate surface area is 119 Å². The number of hydrogen-bond donors (Lipinski definition) is 1. The molecule has 2 saturated heterocycles. The quantitative estimate of drug-likeness (QED) is 0.877. The number of carbonyl (C=O) groups is 1. The summed E-state index contributed by atoms with van der Waals surface area (Å²) in [6.07, 6.45) is 1.07. The number of amides is 1. The van der Waals surface area contributed by atoms with Crippen molar-refractivity contribution in [2.24, 2.45) is 0 Å². The lowest BCUT2D eigenvalue weighted by molar-refractivity contribution is 0.0740. The van der Waals surface area contributed by atoms with Crippen LogP contribution in [0, 0.1) is 13.8 Å². The summed E-state index contributed by atoms with van der Waals surface area (Å²) in [7, 11) is 0. The number of likely N-dealkylation sites (tertiary alicyclic amines) is 1. The van der Waals surface area contributed by atoms with Gasteiger partial charge in [-0.1, -0.05) is 0 Å². The molecule has 3 rings (SSSR count). The molecule has 2 fully saturated rings. The van der Waals surface area contributed by atoms with Gasteiger partial charge in [-0.15, -0.1) is 0 Å². The fourth-order valence-electron chi connectivity index (χ4n) is 3.27. The Bertz CT molecular complexity index is 491. The molecule has 110 valence electrons.